The second kappa shape index (κ2) is 7.61. The van der Waals surface area contributed by atoms with Gasteiger partial charge in [0.05, 0.1) is 6.04 Å². The maximum absolute atomic E-state index is 11.9. The van der Waals surface area contributed by atoms with Crippen molar-refractivity contribution in [2.45, 2.75) is 13.0 Å². The summed E-state index contributed by atoms with van der Waals surface area (Å²) in [5, 5.41) is 3.44. The zero-order chi connectivity index (χ0) is 15.9. The van der Waals surface area contributed by atoms with Gasteiger partial charge in [0.25, 0.3) is 5.91 Å². The van der Waals surface area contributed by atoms with Gasteiger partial charge in [0.2, 0.25) is 0 Å². The Morgan fingerprint density at radius 1 is 1.23 bits per heavy atom. The molecule has 1 unspecified atom stereocenters. The van der Waals surface area contributed by atoms with Crippen molar-refractivity contribution in [3.8, 4) is 5.75 Å². The number of amides is 1. The van der Waals surface area contributed by atoms with Crippen molar-refractivity contribution in [1.82, 2.24) is 5.32 Å². The Hall–Kier alpha value is -2.33. The van der Waals surface area contributed by atoms with Crippen molar-refractivity contribution >= 4 is 23.8 Å². The fourth-order valence-electron chi connectivity index (χ4n) is 1.98. The summed E-state index contributed by atoms with van der Waals surface area (Å²) in [5.41, 5.74) is 1.41. The number of halogens is 1. The highest BCUT2D eigenvalue weighted by Gasteiger charge is 2.12. The van der Waals surface area contributed by atoms with E-state index in [1.54, 1.807) is 30.3 Å². The molecule has 0 radical (unpaired) electrons. The van der Waals surface area contributed by atoms with Gasteiger partial charge in [0.1, 0.15) is 12.0 Å². The molecule has 0 heterocycles. The summed E-state index contributed by atoms with van der Waals surface area (Å²) in [4.78, 5) is 22.5. The Balaban J connectivity index is 1.87. The number of rotatable bonds is 6. The smallest absolute Gasteiger partial charge is 0.258 e. The molecule has 22 heavy (non-hydrogen) atoms. The van der Waals surface area contributed by atoms with Gasteiger partial charge in [-0.1, -0.05) is 29.8 Å². The third-order valence-electron chi connectivity index (χ3n) is 3.14. The number of carbonyl (C=O) groups excluding carboxylic acids is 2. The van der Waals surface area contributed by atoms with Crippen LogP contribution in [0.25, 0.3) is 0 Å². The molecule has 0 fully saturated rings. The standard InChI is InChI=1S/C17H16ClNO3/c1-12(15-4-2-3-5-16(15)18)19-17(21)11-22-14-8-6-13(10-20)7-9-14/h2-10,12H,11H2,1H3,(H,19,21). The van der Waals surface area contributed by atoms with E-state index >= 15 is 0 Å². The first-order chi connectivity index (χ1) is 10.6. The molecule has 1 amide bonds. The van der Waals surface area contributed by atoms with Crippen LogP contribution in [0.2, 0.25) is 5.02 Å². The molecule has 1 atom stereocenters. The number of hydrogen-bond donors (Lipinski definition) is 1. The maximum atomic E-state index is 11.9. The Labute approximate surface area is 134 Å². The maximum Gasteiger partial charge on any atom is 0.258 e. The first-order valence-electron chi connectivity index (χ1n) is 6.82. The highest BCUT2D eigenvalue weighted by Crippen LogP contribution is 2.22. The van der Waals surface area contributed by atoms with Crippen LogP contribution >= 0.6 is 11.6 Å². The molecule has 0 spiro atoms. The van der Waals surface area contributed by atoms with Gasteiger partial charge in [-0.2, -0.15) is 0 Å². The fourth-order valence-corrected chi connectivity index (χ4v) is 2.28. The second-order valence-electron chi connectivity index (χ2n) is 4.79. The number of carbonyl (C=O) groups is 2. The molecule has 0 aliphatic rings. The zero-order valence-corrected chi connectivity index (χ0v) is 12.8. The molecule has 5 heteroatoms. The van der Waals surface area contributed by atoms with Gasteiger partial charge in [0.15, 0.2) is 6.61 Å². The largest absolute Gasteiger partial charge is 0.484 e. The van der Waals surface area contributed by atoms with E-state index in [1.165, 1.54) is 0 Å². The normalized spacial score (nSPS) is 11.5. The molecule has 2 aromatic rings. The van der Waals surface area contributed by atoms with Crippen LogP contribution in [0.4, 0.5) is 0 Å². The molecule has 0 saturated heterocycles. The summed E-state index contributed by atoms with van der Waals surface area (Å²) in [6, 6.07) is 13.7. The fraction of sp³-hybridized carbons (Fsp3) is 0.176. The molecule has 1 N–H and O–H groups in total. The van der Waals surface area contributed by atoms with E-state index in [-0.39, 0.29) is 18.6 Å². The van der Waals surface area contributed by atoms with Crippen LogP contribution in [-0.2, 0) is 4.79 Å². The lowest BCUT2D eigenvalue weighted by atomic mass is 10.1. The van der Waals surface area contributed by atoms with Gasteiger partial charge in [0, 0.05) is 10.6 Å². The van der Waals surface area contributed by atoms with E-state index in [1.807, 2.05) is 25.1 Å². The van der Waals surface area contributed by atoms with Gasteiger partial charge < -0.3 is 10.1 Å². The van der Waals surface area contributed by atoms with Gasteiger partial charge in [-0.25, -0.2) is 0 Å². The van der Waals surface area contributed by atoms with Crippen LogP contribution in [-0.4, -0.2) is 18.8 Å². The molecule has 114 valence electrons. The lowest BCUT2D eigenvalue weighted by molar-refractivity contribution is -0.123. The summed E-state index contributed by atoms with van der Waals surface area (Å²) in [5.74, 6) is 0.290. The van der Waals surface area contributed by atoms with Crippen LogP contribution in [0.1, 0.15) is 28.9 Å². The van der Waals surface area contributed by atoms with Crippen molar-refractivity contribution in [3.05, 3.63) is 64.7 Å². The number of ether oxygens (including phenoxy) is 1. The van der Waals surface area contributed by atoms with Crippen molar-refractivity contribution in [3.63, 3.8) is 0 Å². The minimum Gasteiger partial charge on any atom is -0.484 e. The summed E-state index contributed by atoms with van der Waals surface area (Å²) in [6.45, 7) is 1.76. The van der Waals surface area contributed by atoms with Crippen molar-refractivity contribution in [2.24, 2.45) is 0 Å². The topological polar surface area (TPSA) is 55.4 Å². The third-order valence-corrected chi connectivity index (χ3v) is 3.48. The Morgan fingerprint density at radius 2 is 1.91 bits per heavy atom. The van der Waals surface area contributed by atoms with Crippen LogP contribution < -0.4 is 10.1 Å². The van der Waals surface area contributed by atoms with Crippen LogP contribution in [0.3, 0.4) is 0 Å². The van der Waals surface area contributed by atoms with Gasteiger partial charge in [-0.15, -0.1) is 0 Å². The van der Waals surface area contributed by atoms with Crippen LogP contribution in [0, 0.1) is 0 Å². The average molecular weight is 318 g/mol. The van der Waals surface area contributed by atoms with Crippen LogP contribution in [0.5, 0.6) is 5.75 Å². The van der Waals surface area contributed by atoms with E-state index < -0.39 is 0 Å². The summed E-state index contributed by atoms with van der Waals surface area (Å²) in [7, 11) is 0. The molecule has 2 rings (SSSR count). The van der Waals surface area contributed by atoms with Crippen molar-refractivity contribution < 1.29 is 14.3 Å². The molecule has 0 aliphatic heterocycles. The van der Waals surface area contributed by atoms with Gasteiger partial charge in [-0.05, 0) is 42.8 Å². The SMILES string of the molecule is CC(NC(=O)COc1ccc(C=O)cc1)c1ccccc1Cl. The Kier molecular flexibility index (Phi) is 5.55. The molecule has 2 aromatic carbocycles. The van der Waals surface area contributed by atoms with Crippen molar-refractivity contribution in [1.29, 1.82) is 0 Å². The summed E-state index contributed by atoms with van der Waals surface area (Å²) in [6.07, 6.45) is 0.752. The Morgan fingerprint density at radius 3 is 2.55 bits per heavy atom. The number of nitrogens with one attached hydrogen (secondary N) is 1. The molecule has 0 aromatic heterocycles. The zero-order valence-electron chi connectivity index (χ0n) is 12.1. The first-order valence-corrected chi connectivity index (χ1v) is 7.20. The third kappa shape index (κ3) is 4.33. The summed E-state index contributed by atoms with van der Waals surface area (Å²) >= 11 is 6.09. The number of aldehydes is 1. The predicted molar refractivity (Wildman–Crippen MR) is 85.3 cm³/mol. The quantitative estimate of drug-likeness (QED) is 0.831. The lowest BCUT2D eigenvalue weighted by Crippen LogP contribution is -2.31. The predicted octanol–water partition coefficient (Wildman–Crippen LogP) is 3.41. The number of hydrogen-bond acceptors (Lipinski definition) is 3. The highest BCUT2D eigenvalue weighted by atomic mass is 35.5. The van der Waals surface area contributed by atoms with E-state index in [9.17, 15) is 9.59 Å². The first kappa shape index (κ1) is 16.0. The van der Waals surface area contributed by atoms with E-state index in [0.29, 0.717) is 16.3 Å². The molecular formula is C17H16ClNO3. The molecule has 4 nitrogen and oxygen atoms in total. The van der Waals surface area contributed by atoms with E-state index in [0.717, 1.165) is 11.8 Å². The molecule has 0 aliphatic carbocycles. The minimum absolute atomic E-state index is 0.102. The number of benzene rings is 2. The monoisotopic (exact) mass is 317 g/mol. The average Bonchev–Trinajstić information content (AvgIpc) is 2.53. The van der Waals surface area contributed by atoms with E-state index in [4.69, 9.17) is 16.3 Å². The van der Waals surface area contributed by atoms with Crippen molar-refractivity contribution in [2.75, 3.05) is 6.61 Å². The second-order valence-corrected chi connectivity index (χ2v) is 5.19. The highest BCUT2D eigenvalue weighted by molar-refractivity contribution is 6.31. The van der Waals surface area contributed by atoms with Crippen LogP contribution in [0.15, 0.2) is 48.5 Å². The molecule has 0 bridgehead atoms. The minimum atomic E-state index is -0.244. The van der Waals surface area contributed by atoms with E-state index in [2.05, 4.69) is 5.32 Å². The summed E-state index contributed by atoms with van der Waals surface area (Å²) < 4.78 is 5.37. The van der Waals surface area contributed by atoms with Gasteiger partial charge in [-0.3, -0.25) is 9.59 Å². The Bertz CT molecular complexity index is 655. The van der Waals surface area contributed by atoms with Gasteiger partial charge >= 0.3 is 0 Å². The molecular weight excluding hydrogens is 302 g/mol. The lowest BCUT2D eigenvalue weighted by Gasteiger charge is -2.16. The molecule has 0 saturated carbocycles.